The van der Waals surface area contributed by atoms with Crippen molar-refractivity contribution in [2.45, 2.75) is 6.10 Å². The van der Waals surface area contributed by atoms with Gasteiger partial charge >= 0.3 is 0 Å². The van der Waals surface area contributed by atoms with Crippen molar-refractivity contribution in [3.63, 3.8) is 0 Å². The predicted molar refractivity (Wildman–Crippen MR) is 54.4 cm³/mol. The SMILES string of the molecule is [C-]#[N+]CC(O)c1ccc(OC)cc1Cl. The summed E-state index contributed by atoms with van der Waals surface area (Å²) in [6.07, 6.45) is -0.828. The first-order valence-electron chi connectivity index (χ1n) is 4.03. The van der Waals surface area contributed by atoms with Gasteiger partial charge in [-0.25, -0.2) is 6.57 Å². The molecule has 1 aromatic carbocycles. The summed E-state index contributed by atoms with van der Waals surface area (Å²) in [6, 6.07) is 4.98. The van der Waals surface area contributed by atoms with E-state index in [1.165, 1.54) is 0 Å². The van der Waals surface area contributed by atoms with Crippen LogP contribution in [0.15, 0.2) is 18.2 Å². The third kappa shape index (κ3) is 2.38. The molecule has 1 aromatic rings. The zero-order valence-electron chi connectivity index (χ0n) is 7.70. The molecule has 0 heterocycles. The molecule has 0 radical (unpaired) electrons. The molecule has 0 amide bonds. The maximum Gasteiger partial charge on any atom is 0.244 e. The van der Waals surface area contributed by atoms with Crippen molar-refractivity contribution < 1.29 is 9.84 Å². The Hall–Kier alpha value is -1.24. The van der Waals surface area contributed by atoms with Crippen molar-refractivity contribution in [1.29, 1.82) is 0 Å². The first kappa shape index (κ1) is 10.8. The van der Waals surface area contributed by atoms with E-state index in [0.29, 0.717) is 16.3 Å². The number of hydrogen-bond donors (Lipinski definition) is 1. The number of methoxy groups -OCH3 is 1. The summed E-state index contributed by atoms with van der Waals surface area (Å²) in [7, 11) is 1.54. The van der Waals surface area contributed by atoms with Gasteiger partial charge in [0.05, 0.1) is 12.1 Å². The van der Waals surface area contributed by atoms with Crippen LogP contribution >= 0.6 is 11.6 Å². The van der Waals surface area contributed by atoms with Crippen molar-refractivity contribution in [1.82, 2.24) is 0 Å². The highest BCUT2D eigenvalue weighted by Crippen LogP contribution is 2.27. The van der Waals surface area contributed by atoms with Crippen LogP contribution in [-0.2, 0) is 0 Å². The van der Waals surface area contributed by atoms with Crippen LogP contribution in [0.2, 0.25) is 5.02 Å². The average Bonchev–Trinajstić information content (AvgIpc) is 2.17. The molecule has 0 spiro atoms. The highest BCUT2D eigenvalue weighted by molar-refractivity contribution is 6.31. The van der Waals surface area contributed by atoms with Crippen LogP contribution < -0.4 is 4.74 Å². The van der Waals surface area contributed by atoms with E-state index in [1.807, 2.05) is 0 Å². The van der Waals surface area contributed by atoms with E-state index in [4.69, 9.17) is 22.9 Å². The van der Waals surface area contributed by atoms with E-state index in [-0.39, 0.29) is 6.54 Å². The molecule has 3 nitrogen and oxygen atoms in total. The fraction of sp³-hybridized carbons (Fsp3) is 0.300. The lowest BCUT2D eigenvalue weighted by Crippen LogP contribution is -2.01. The molecular weight excluding hydrogens is 202 g/mol. The molecule has 0 bridgehead atoms. The lowest BCUT2D eigenvalue weighted by molar-refractivity contribution is 0.195. The molecule has 0 aliphatic heterocycles. The summed E-state index contributed by atoms with van der Waals surface area (Å²) in [6.45, 7) is 6.65. The van der Waals surface area contributed by atoms with Gasteiger partial charge in [0.25, 0.3) is 0 Å². The fourth-order valence-electron chi connectivity index (χ4n) is 1.09. The van der Waals surface area contributed by atoms with E-state index in [9.17, 15) is 5.11 Å². The number of nitrogens with zero attached hydrogens (tertiary/aromatic N) is 1. The van der Waals surface area contributed by atoms with Gasteiger partial charge in [0.15, 0.2) is 6.10 Å². The number of benzene rings is 1. The lowest BCUT2D eigenvalue weighted by Gasteiger charge is -2.08. The van der Waals surface area contributed by atoms with Crippen molar-refractivity contribution in [2.24, 2.45) is 0 Å². The Kier molecular flexibility index (Phi) is 3.75. The second-order valence-corrected chi connectivity index (χ2v) is 3.15. The summed E-state index contributed by atoms with van der Waals surface area (Å²) in [4.78, 5) is 3.11. The number of aliphatic hydroxyl groups excluding tert-OH is 1. The van der Waals surface area contributed by atoms with Crippen LogP contribution in [0.5, 0.6) is 5.75 Å². The lowest BCUT2D eigenvalue weighted by atomic mass is 10.1. The van der Waals surface area contributed by atoms with Crippen LogP contribution in [0, 0.1) is 6.57 Å². The summed E-state index contributed by atoms with van der Waals surface area (Å²) < 4.78 is 4.96. The van der Waals surface area contributed by atoms with Gasteiger partial charge < -0.3 is 14.7 Å². The zero-order valence-corrected chi connectivity index (χ0v) is 8.45. The quantitative estimate of drug-likeness (QED) is 0.779. The largest absolute Gasteiger partial charge is 0.497 e. The van der Waals surface area contributed by atoms with E-state index in [0.717, 1.165) is 0 Å². The minimum Gasteiger partial charge on any atom is -0.497 e. The van der Waals surface area contributed by atoms with Gasteiger partial charge in [0.1, 0.15) is 5.75 Å². The van der Waals surface area contributed by atoms with Crippen LogP contribution in [-0.4, -0.2) is 18.8 Å². The standard InChI is InChI=1S/C10H10ClNO2/c1-12-6-10(13)8-4-3-7(14-2)5-9(8)11/h3-5,10,13H,6H2,2H3. The van der Waals surface area contributed by atoms with E-state index < -0.39 is 6.10 Å². The number of hydrogen-bond acceptors (Lipinski definition) is 2. The maximum atomic E-state index is 9.53. The summed E-state index contributed by atoms with van der Waals surface area (Å²) >= 11 is 5.90. The Balaban J connectivity index is 2.94. The van der Waals surface area contributed by atoms with Gasteiger partial charge in [-0.2, -0.15) is 0 Å². The Morgan fingerprint density at radius 2 is 2.36 bits per heavy atom. The number of rotatable bonds is 3. The third-order valence-corrected chi connectivity index (χ3v) is 2.16. The summed E-state index contributed by atoms with van der Waals surface area (Å²) in [5.74, 6) is 0.633. The molecule has 0 fully saturated rings. The van der Waals surface area contributed by atoms with Crippen molar-refractivity contribution >= 4 is 11.6 Å². The Labute approximate surface area is 87.7 Å². The number of aliphatic hydroxyl groups is 1. The molecule has 0 saturated carbocycles. The molecule has 1 atom stereocenters. The molecule has 74 valence electrons. The Bertz CT molecular complexity index is 360. The smallest absolute Gasteiger partial charge is 0.244 e. The fourth-order valence-corrected chi connectivity index (χ4v) is 1.39. The summed E-state index contributed by atoms with van der Waals surface area (Å²) in [5, 5.41) is 9.94. The van der Waals surface area contributed by atoms with Crippen LogP contribution in [0.3, 0.4) is 0 Å². The molecule has 0 aliphatic rings. The average molecular weight is 212 g/mol. The predicted octanol–water partition coefficient (Wildman–Crippen LogP) is 2.30. The van der Waals surface area contributed by atoms with E-state index >= 15 is 0 Å². The molecule has 4 heteroatoms. The van der Waals surface area contributed by atoms with Crippen LogP contribution in [0.25, 0.3) is 4.85 Å². The molecular formula is C10H10ClNO2. The number of halogens is 1. The van der Waals surface area contributed by atoms with Crippen molar-refractivity contribution in [3.05, 3.63) is 40.2 Å². The van der Waals surface area contributed by atoms with E-state index in [2.05, 4.69) is 4.85 Å². The molecule has 0 saturated heterocycles. The Morgan fingerprint density at radius 1 is 1.64 bits per heavy atom. The highest BCUT2D eigenvalue weighted by atomic mass is 35.5. The van der Waals surface area contributed by atoms with Gasteiger partial charge in [-0.1, -0.05) is 17.7 Å². The van der Waals surface area contributed by atoms with Gasteiger partial charge in [-0.05, 0) is 12.1 Å². The molecule has 1 rings (SSSR count). The second-order valence-electron chi connectivity index (χ2n) is 2.74. The Morgan fingerprint density at radius 3 is 2.86 bits per heavy atom. The van der Waals surface area contributed by atoms with E-state index in [1.54, 1.807) is 25.3 Å². The third-order valence-electron chi connectivity index (χ3n) is 1.83. The molecule has 0 aliphatic carbocycles. The molecule has 0 aromatic heterocycles. The topological polar surface area (TPSA) is 33.8 Å². The van der Waals surface area contributed by atoms with Crippen molar-refractivity contribution in [2.75, 3.05) is 13.7 Å². The number of ether oxygens (including phenoxy) is 1. The molecule has 14 heavy (non-hydrogen) atoms. The zero-order chi connectivity index (χ0) is 10.6. The maximum absolute atomic E-state index is 9.53. The minimum absolute atomic E-state index is 0.0199. The van der Waals surface area contributed by atoms with Gasteiger partial charge in [0, 0.05) is 5.56 Å². The summed E-state index contributed by atoms with van der Waals surface area (Å²) in [5.41, 5.74) is 0.559. The normalized spacial score (nSPS) is 11.9. The minimum atomic E-state index is -0.828. The highest BCUT2D eigenvalue weighted by Gasteiger charge is 2.14. The van der Waals surface area contributed by atoms with Crippen LogP contribution in [0.1, 0.15) is 11.7 Å². The molecule has 1 unspecified atom stereocenters. The second kappa shape index (κ2) is 4.85. The first-order chi connectivity index (χ1) is 6.69. The van der Waals surface area contributed by atoms with Crippen molar-refractivity contribution in [3.8, 4) is 5.75 Å². The first-order valence-corrected chi connectivity index (χ1v) is 4.41. The van der Waals surface area contributed by atoms with Gasteiger partial charge in [-0.3, -0.25) is 0 Å². The van der Waals surface area contributed by atoms with Gasteiger partial charge in [-0.15, -0.1) is 0 Å². The van der Waals surface area contributed by atoms with Gasteiger partial charge in [0.2, 0.25) is 6.54 Å². The monoisotopic (exact) mass is 211 g/mol. The van der Waals surface area contributed by atoms with Crippen LogP contribution in [0.4, 0.5) is 0 Å². The molecule has 1 N–H and O–H groups in total.